The smallest absolute Gasteiger partial charge is 0.335 e. The zero-order valence-electron chi connectivity index (χ0n) is 21.1. The van der Waals surface area contributed by atoms with Crippen LogP contribution in [0, 0.1) is 10.8 Å². The number of amides is 1. The molecule has 1 aromatic heterocycles. The third-order valence-electron chi connectivity index (χ3n) is 7.40. The summed E-state index contributed by atoms with van der Waals surface area (Å²) in [6.45, 7) is 7.62. The Morgan fingerprint density at radius 3 is 2.43 bits per heavy atom. The first kappa shape index (κ1) is 24.4. The molecule has 1 N–H and O–H groups in total. The summed E-state index contributed by atoms with van der Waals surface area (Å²) in [4.78, 5) is 35.1. The highest BCUT2D eigenvalue weighted by Gasteiger charge is 2.46. The highest BCUT2D eigenvalue weighted by atomic mass is 16.5. The van der Waals surface area contributed by atoms with Crippen molar-refractivity contribution in [1.82, 2.24) is 14.9 Å². The Morgan fingerprint density at radius 2 is 1.73 bits per heavy atom. The predicted octanol–water partition coefficient (Wildman–Crippen LogP) is 5.87. The van der Waals surface area contributed by atoms with Crippen LogP contribution in [0.1, 0.15) is 53.5 Å². The van der Waals surface area contributed by atoms with Gasteiger partial charge in [0.15, 0.2) is 0 Å². The van der Waals surface area contributed by atoms with Crippen LogP contribution in [-0.2, 0) is 0 Å². The van der Waals surface area contributed by atoms with E-state index in [0.29, 0.717) is 24.4 Å². The fraction of sp³-hybridized carbons (Fsp3) is 0.267. The number of carboxylic acid groups (broad SMARTS) is 1. The molecule has 0 saturated carbocycles. The fourth-order valence-corrected chi connectivity index (χ4v) is 5.67. The molecule has 0 unspecified atom stereocenters. The average molecular weight is 496 g/mol. The summed E-state index contributed by atoms with van der Waals surface area (Å²) in [5, 5.41) is 9.25. The first-order valence-corrected chi connectivity index (χ1v) is 12.3. The Morgan fingerprint density at radius 1 is 1.00 bits per heavy atom. The Labute approximate surface area is 216 Å². The lowest BCUT2D eigenvalue weighted by atomic mass is 9.58. The van der Waals surface area contributed by atoms with Gasteiger partial charge in [-0.05, 0) is 41.8 Å². The molecule has 3 aromatic rings. The number of carbonyl (C=O) groups is 2. The van der Waals surface area contributed by atoms with Crippen LogP contribution in [0.4, 0.5) is 0 Å². The van der Waals surface area contributed by atoms with Gasteiger partial charge in [-0.2, -0.15) is 0 Å². The molecule has 0 spiro atoms. The second-order valence-corrected chi connectivity index (χ2v) is 10.4. The lowest BCUT2D eigenvalue weighted by Gasteiger charge is -2.50. The zero-order chi connectivity index (χ0) is 26.2. The van der Waals surface area contributed by atoms with Gasteiger partial charge in [-0.1, -0.05) is 68.8 Å². The van der Waals surface area contributed by atoms with E-state index in [4.69, 9.17) is 4.74 Å². The molecule has 2 aromatic carbocycles. The van der Waals surface area contributed by atoms with Gasteiger partial charge in [0.25, 0.3) is 5.91 Å². The van der Waals surface area contributed by atoms with E-state index in [1.165, 1.54) is 23.7 Å². The number of carbonyl (C=O) groups excluding carboxylic acids is 1. The first-order valence-electron chi connectivity index (χ1n) is 12.3. The van der Waals surface area contributed by atoms with Gasteiger partial charge in [-0.15, -0.1) is 0 Å². The van der Waals surface area contributed by atoms with Crippen LogP contribution < -0.4 is 4.74 Å². The van der Waals surface area contributed by atoms with E-state index < -0.39 is 5.97 Å². The quantitative estimate of drug-likeness (QED) is 0.445. The summed E-state index contributed by atoms with van der Waals surface area (Å²) < 4.78 is 5.91. The molecule has 1 atom stereocenters. The molecule has 0 fully saturated rings. The minimum atomic E-state index is -0.933. The van der Waals surface area contributed by atoms with E-state index in [1.807, 2.05) is 47.4 Å². The average Bonchev–Trinajstić information content (AvgIpc) is 2.89. The van der Waals surface area contributed by atoms with Crippen LogP contribution in [0.3, 0.4) is 0 Å². The molecular weight excluding hydrogens is 466 g/mol. The molecule has 0 bridgehead atoms. The summed E-state index contributed by atoms with van der Waals surface area (Å²) in [5.74, 6) is -0.259. The monoisotopic (exact) mass is 495 g/mol. The summed E-state index contributed by atoms with van der Waals surface area (Å²) in [6, 6.07) is 16.3. The van der Waals surface area contributed by atoms with Gasteiger partial charge in [-0.25, -0.2) is 14.8 Å². The topological polar surface area (TPSA) is 92.6 Å². The molecule has 1 aliphatic carbocycles. The van der Waals surface area contributed by atoms with Crippen molar-refractivity contribution in [3.63, 3.8) is 0 Å². The van der Waals surface area contributed by atoms with E-state index in [-0.39, 0.29) is 28.2 Å². The first-order chi connectivity index (χ1) is 17.7. The van der Waals surface area contributed by atoms with Crippen LogP contribution in [0.2, 0.25) is 0 Å². The standard InChI is InChI=1S/C30H29N3O4/c1-29(2)24(20-9-11-21(12-10-20)28(35)36)13-15-30(3)18-33(16-14-25(29)30)27(34)23-17-31-19-32-26(23)37-22-7-5-4-6-8-22/h4-14,17,19H,15-16,18H2,1-3H3,(H,35,36)/t30-/m1/s1. The normalized spacial score (nSPS) is 20.4. The van der Waals surface area contributed by atoms with Crippen molar-refractivity contribution in [3.05, 3.63) is 102 Å². The minimum Gasteiger partial charge on any atom is -0.478 e. The lowest BCUT2D eigenvalue weighted by molar-refractivity contribution is 0.0675. The van der Waals surface area contributed by atoms with Crippen LogP contribution in [0.25, 0.3) is 5.57 Å². The lowest BCUT2D eigenvalue weighted by Crippen LogP contribution is -2.48. The number of rotatable bonds is 5. The van der Waals surface area contributed by atoms with E-state index in [2.05, 4.69) is 42.9 Å². The highest BCUT2D eigenvalue weighted by Crippen LogP contribution is 2.55. The number of carboxylic acids is 1. The van der Waals surface area contributed by atoms with Gasteiger partial charge >= 0.3 is 5.97 Å². The Balaban J connectivity index is 1.40. The number of hydrogen-bond donors (Lipinski definition) is 1. The molecule has 1 amide bonds. The van der Waals surface area contributed by atoms with Crippen molar-refractivity contribution < 1.29 is 19.4 Å². The molecule has 2 aliphatic rings. The highest BCUT2D eigenvalue weighted by molar-refractivity contribution is 5.96. The molecule has 7 nitrogen and oxygen atoms in total. The largest absolute Gasteiger partial charge is 0.478 e. The number of benzene rings is 2. The van der Waals surface area contributed by atoms with Crippen LogP contribution in [0.15, 0.2) is 84.8 Å². The second-order valence-electron chi connectivity index (χ2n) is 10.4. The minimum absolute atomic E-state index is 0.167. The summed E-state index contributed by atoms with van der Waals surface area (Å²) >= 11 is 0. The van der Waals surface area contributed by atoms with Crippen molar-refractivity contribution in [2.45, 2.75) is 27.2 Å². The van der Waals surface area contributed by atoms with E-state index >= 15 is 0 Å². The molecule has 1 aliphatic heterocycles. The van der Waals surface area contributed by atoms with E-state index in [9.17, 15) is 14.7 Å². The third-order valence-corrected chi connectivity index (χ3v) is 7.40. The number of para-hydroxylation sites is 1. The number of hydrogen-bond acceptors (Lipinski definition) is 5. The molecule has 37 heavy (non-hydrogen) atoms. The maximum absolute atomic E-state index is 13.6. The molecule has 188 valence electrons. The second kappa shape index (κ2) is 9.32. The number of aromatic carboxylic acids is 1. The SMILES string of the molecule is CC1(C)C(c2ccc(C(=O)O)cc2)=CC[C@]2(C)CN(C(=O)c3cncnc3Oc3ccccc3)CC=C12. The van der Waals surface area contributed by atoms with E-state index in [1.54, 1.807) is 12.1 Å². The molecule has 0 radical (unpaired) electrons. The van der Waals surface area contributed by atoms with Gasteiger partial charge in [0.05, 0.1) is 5.56 Å². The van der Waals surface area contributed by atoms with Crippen molar-refractivity contribution in [1.29, 1.82) is 0 Å². The predicted molar refractivity (Wildman–Crippen MR) is 140 cm³/mol. The van der Waals surface area contributed by atoms with Crippen molar-refractivity contribution in [3.8, 4) is 11.6 Å². The number of fused-ring (bicyclic) bond motifs is 1. The van der Waals surface area contributed by atoms with Crippen LogP contribution in [0.5, 0.6) is 11.6 Å². The van der Waals surface area contributed by atoms with Gasteiger partial charge in [0, 0.05) is 30.1 Å². The Bertz CT molecular complexity index is 1410. The molecule has 5 rings (SSSR count). The van der Waals surface area contributed by atoms with Crippen LogP contribution >= 0.6 is 0 Å². The van der Waals surface area contributed by atoms with Crippen molar-refractivity contribution in [2.24, 2.45) is 10.8 Å². The zero-order valence-corrected chi connectivity index (χ0v) is 21.1. The summed E-state index contributed by atoms with van der Waals surface area (Å²) in [5.41, 5.74) is 3.56. The third kappa shape index (κ3) is 4.53. The summed E-state index contributed by atoms with van der Waals surface area (Å²) in [6.07, 6.45) is 8.06. The van der Waals surface area contributed by atoms with Crippen molar-refractivity contribution >= 4 is 17.4 Å². The van der Waals surface area contributed by atoms with Gasteiger partial charge in [0.2, 0.25) is 5.88 Å². The Kier molecular flexibility index (Phi) is 6.15. The summed E-state index contributed by atoms with van der Waals surface area (Å²) in [7, 11) is 0. The Hall–Kier alpha value is -4.26. The van der Waals surface area contributed by atoms with Gasteiger partial charge in [0.1, 0.15) is 17.6 Å². The molecule has 7 heteroatoms. The van der Waals surface area contributed by atoms with Gasteiger partial charge < -0.3 is 14.7 Å². The maximum atomic E-state index is 13.6. The maximum Gasteiger partial charge on any atom is 0.335 e. The van der Waals surface area contributed by atoms with E-state index in [0.717, 1.165) is 12.0 Å². The van der Waals surface area contributed by atoms with Crippen LogP contribution in [-0.4, -0.2) is 44.9 Å². The number of allylic oxidation sites excluding steroid dienone is 2. The van der Waals surface area contributed by atoms with Gasteiger partial charge in [-0.3, -0.25) is 4.79 Å². The number of ether oxygens (including phenoxy) is 1. The molecule has 2 heterocycles. The number of nitrogens with zero attached hydrogens (tertiary/aromatic N) is 3. The molecule has 0 saturated heterocycles. The number of aromatic nitrogens is 2. The fourth-order valence-electron chi connectivity index (χ4n) is 5.67. The molecular formula is C30H29N3O4. The van der Waals surface area contributed by atoms with Crippen molar-refractivity contribution in [2.75, 3.05) is 13.1 Å².